The largest absolute Gasteiger partial charge is 0.368 e. The van der Waals surface area contributed by atoms with Gasteiger partial charge in [0.25, 0.3) is 0 Å². The summed E-state index contributed by atoms with van der Waals surface area (Å²) in [6.07, 6.45) is 7.09. The average Bonchev–Trinajstić information content (AvgIpc) is 2.49. The molecular weight excluding hydrogens is 248 g/mol. The quantitative estimate of drug-likeness (QED) is 0.861. The predicted octanol–water partition coefficient (Wildman–Crippen LogP) is 3.03. The molecule has 1 saturated carbocycles. The summed E-state index contributed by atoms with van der Waals surface area (Å²) in [5.41, 5.74) is 6.13. The van der Waals surface area contributed by atoms with Crippen LogP contribution < -0.4 is 5.73 Å². The summed E-state index contributed by atoms with van der Waals surface area (Å²) >= 11 is 0. The van der Waals surface area contributed by atoms with Crippen LogP contribution in [0.25, 0.3) is 0 Å². The Hall–Kier alpha value is -0.120. The topological polar surface area (TPSA) is 38.5 Å². The molecule has 0 aromatic heterocycles. The van der Waals surface area contributed by atoms with Crippen LogP contribution in [-0.4, -0.2) is 42.3 Å². The first-order valence-corrected chi connectivity index (χ1v) is 8.36. The Kier molecular flexibility index (Phi) is 4.83. The number of nitrogens with zero attached hydrogens (tertiary/aromatic N) is 1. The number of rotatable bonds is 4. The SMILES string of the molecule is CN(CC1CCCCC1)CC1C(N)C(C)(C)OC1(C)C. The molecule has 2 unspecified atom stereocenters. The minimum atomic E-state index is -0.208. The van der Waals surface area contributed by atoms with Gasteiger partial charge in [0.2, 0.25) is 0 Å². The molecule has 1 saturated heterocycles. The summed E-state index contributed by atoms with van der Waals surface area (Å²) in [5.74, 6) is 1.30. The van der Waals surface area contributed by atoms with Gasteiger partial charge < -0.3 is 15.4 Å². The standard InChI is InChI=1S/C17H34N2O/c1-16(2)14(15(18)17(3,4)20-16)12-19(5)11-13-9-7-6-8-10-13/h13-15H,6-12,18H2,1-5H3. The Morgan fingerprint density at radius 3 is 2.10 bits per heavy atom. The van der Waals surface area contributed by atoms with E-state index >= 15 is 0 Å². The van der Waals surface area contributed by atoms with Gasteiger partial charge in [-0.05, 0) is 53.5 Å². The van der Waals surface area contributed by atoms with E-state index in [2.05, 4.69) is 39.6 Å². The summed E-state index contributed by atoms with van der Waals surface area (Å²) in [5, 5.41) is 0. The average molecular weight is 282 g/mol. The fourth-order valence-electron chi connectivity index (χ4n) is 4.29. The summed E-state index contributed by atoms with van der Waals surface area (Å²) in [7, 11) is 2.25. The van der Waals surface area contributed by atoms with Crippen molar-refractivity contribution >= 4 is 0 Å². The second-order valence-corrected chi connectivity index (χ2v) is 8.17. The summed E-state index contributed by atoms with van der Waals surface area (Å²) in [4.78, 5) is 2.49. The molecule has 0 aromatic carbocycles. The first kappa shape index (κ1) is 16.3. The van der Waals surface area contributed by atoms with Crippen molar-refractivity contribution in [3.05, 3.63) is 0 Å². The minimum absolute atomic E-state index is 0.117. The Balaban J connectivity index is 1.91. The molecule has 0 amide bonds. The van der Waals surface area contributed by atoms with E-state index in [0.717, 1.165) is 12.5 Å². The van der Waals surface area contributed by atoms with Gasteiger partial charge in [-0.15, -0.1) is 0 Å². The Bertz CT molecular complexity index is 321. The van der Waals surface area contributed by atoms with E-state index in [1.807, 2.05) is 0 Å². The fourth-order valence-corrected chi connectivity index (χ4v) is 4.29. The third-order valence-electron chi connectivity index (χ3n) is 5.46. The van der Waals surface area contributed by atoms with E-state index < -0.39 is 0 Å². The molecular formula is C17H34N2O. The lowest BCUT2D eigenvalue weighted by Gasteiger charge is -2.33. The first-order chi connectivity index (χ1) is 9.22. The highest BCUT2D eigenvalue weighted by molar-refractivity contribution is 5.04. The van der Waals surface area contributed by atoms with Gasteiger partial charge in [-0.25, -0.2) is 0 Å². The van der Waals surface area contributed by atoms with E-state index in [9.17, 15) is 0 Å². The van der Waals surface area contributed by atoms with E-state index in [4.69, 9.17) is 10.5 Å². The zero-order chi connectivity index (χ0) is 15.0. The fraction of sp³-hybridized carbons (Fsp3) is 1.00. The van der Waals surface area contributed by atoms with Gasteiger partial charge in [-0.2, -0.15) is 0 Å². The zero-order valence-electron chi connectivity index (χ0n) is 14.1. The molecule has 2 atom stereocenters. The normalized spacial score (nSPS) is 33.8. The second-order valence-electron chi connectivity index (χ2n) is 8.17. The third-order valence-corrected chi connectivity index (χ3v) is 5.46. The predicted molar refractivity (Wildman–Crippen MR) is 84.8 cm³/mol. The highest BCUT2D eigenvalue weighted by Gasteiger charge is 2.52. The number of nitrogens with two attached hydrogens (primary N) is 1. The molecule has 3 heteroatoms. The Labute approximate surface area is 125 Å². The van der Waals surface area contributed by atoms with E-state index in [-0.39, 0.29) is 17.2 Å². The second kappa shape index (κ2) is 5.94. The maximum atomic E-state index is 6.46. The van der Waals surface area contributed by atoms with Crippen LogP contribution in [-0.2, 0) is 4.74 Å². The zero-order valence-corrected chi connectivity index (χ0v) is 14.1. The van der Waals surface area contributed by atoms with Gasteiger partial charge in [0.05, 0.1) is 11.2 Å². The van der Waals surface area contributed by atoms with Gasteiger partial charge in [-0.1, -0.05) is 19.3 Å². The summed E-state index contributed by atoms with van der Waals surface area (Å²) in [6, 6.07) is 0.117. The van der Waals surface area contributed by atoms with Crippen LogP contribution in [0.15, 0.2) is 0 Å². The van der Waals surface area contributed by atoms with Crippen LogP contribution in [0.2, 0.25) is 0 Å². The third kappa shape index (κ3) is 3.55. The first-order valence-electron chi connectivity index (χ1n) is 8.36. The van der Waals surface area contributed by atoms with Crippen LogP contribution in [0.1, 0.15) is 59.8 Å². The lowest BCUT2D eigenvalue weighted by atomic mass is 9.82. The number of hydrogen-bond acceptors (Lipinski definition) is 3. The molecule has 2 fully saturated rings. The van der Waals surface area contributed by atoms with Crippen molar-refractivity contribution < 1.29 is 4.74 Å². The summed E-state index contributed by atoms with van der Waals surface area (Å²) < 4.78 is 6.20. The molecule has 1 aliphatic heterocycles. The maximum Gasteiger partial charge on any atom is 0.0788 e. The van der Waals surface area contributed by atoms with Crippen molar-refractivity contribution in [2.24, 2.45) is 17.6 Å². The smallest absolute Gasteiger partial charge is 0.0788 e. The number of ether oxygens (including phenoxy) is 1. The maximum absolute atomic E-state index is 6.46. The van der Waals surface area contributed by atoms with Crippen molar-refractivity contribution in [1.29, 1.82) is 0 Å². The molecule has 2 N–H and O–H groups in total. The lowest BCUT2D eigenvalue weighted by Crippen LogP contribution is -2.48. The van der Waals surface area contributed by atoms with Gasteiger partial charge in [0.1, 0.15) is 0 Å². The van der Waals surface area contributed by atoms with Crippen molar-refractivity contribution in [2.75, 3.05) is 20.1 Å². The Morgan fingerprint density at radius 2 is 1.60 bits per heavy atom. The monoisotopic (exact) mass is 282 g/mol. The van der Waals surface area contributed by atoms with Gasteiger partial charge in [0, 0.05) is 25.0 Å². The summed E-state index contributed by atoms with van der Waals surface area (Å²) in [6.45, 7) is 10.9. The van der Waals surface area contributed by atoms with Crippen LogP contribution in [0.3, 0.4) is 0 Å². The van der Waals surface area contributed by atoms with Gasteiger partial charge in [0.15, 0.2) is 0 Å². The van der Waals surface area contributed by atoms with Crippen molar-refractivity contribution in [3.63, 3.8) is 0 Å². The van der Waals surface area contributed by atoms with Gasteiger partial charge >= 0.3 is 0 Å². The minimum Gasteiger partial charge on any atom is -0.368 e. The van der Waals surface area contributed by atoms with E-state index in [1.54, 1.807) is 0 Å². The van der Waals surface area contributed by atoms with Crippen molar-refractivity contribution in [1.82, 2.24) is 4.90 Å². The highest BCUT2D eigenvalue weighted by atomic mass is 16.5. The van der Waals surface area contributed by atoms with Crippen LogP contribution in [0, 0.1) is 11.8 Å². The van der Waals surface area contributed by atoms with E-state index in [1.165, 1.54) is 38.6 Å². The molecule has 2 aliphatic rings. The highest BCUT2D eigenvalue weighted by Crippen LogP contribution is 2.41. The molecule has 3 nitrogen and oxygen atoms in total. The van der Waals surface area contributed by atoms with E-state index in [0.29, 0.717) is 5.92 Å². The van der Waals surface area contributed by atoms with Crippen LogP contribution in [0.4, 0.5) is 0 Å². The van der Waals surface area contributed by atoms with Gasteiger partial charge in [-0.3, -0.25) is 0 Å². The van der Waals surface area contributed by atoms with Crippen LogP contribution >= 0.6 is 0 Å². The molecule has 1 aliphatic carbocycles. The van der Waals surface area contributed by atoms with Crippen LogP contribution in [0.5, 0.6) is 0 Å². The molecule has 0 aromatic rings. The van der Waals surface area contributed by atoms with Crippen molar-refractivity contribution in [3.8, 4) is 0 Å². The molecule has 20 heavy (non-hydrogen) atoms. The molecule has 0 spiro atoms. The number of hydrogen-bond donors (Lipinski definition) is 1. The molecule has 2 rings (SSSR count). The Morgan fingerprint density at radius 1 is 1.00 bits per heavy atom. The van der Waals surface area contributed by atoms with Crippen molar-refractivity contribution in [2.45, 2.75) is 77.0 Å². The lowest BCUT2D eigenvalue weighted by molar-refractivity contribution is -0.0783. The molecule has 0 radical (unpaired) electrons. The molecule has 0 bridgehead atoms. The molecule has 118 valence electrons. The molecule has 1 heterocycles.